The van der Waals surface area contributed by atoms with Gasteiger partial charge in [0.05, 0.1) is 22.4 Å². The van der Waals surface area contributed by atoms with Crippen LogP contribution in [0.3, 0.4) is 0 Å². The molecule has 7 heteroatoms. The summed E-state index contributed by atoms with van der Waals surface area (Å²) in [5, 5.41) is 21.0. The highest BCUT2D eigenvalue weighted by atomic mass is 16.7. The van der Waals surface area contributed by atoms with E-state index in [-0.39, 0.29) is 0 Å². The maximum Gasteiger partial charge on any atom is 0.500 e. The van der Waals surface area contributed by atoms with Crippen molar-refractivity contribution in [3.63, 3.8) is 0 Å². The summed E-state index contributed by atoms with van der Waals surface area (Å²) in [4.78, 5) is 4.54. The topological polar surface area (TPSA) is 81.0 Å². The largest absolute Gasteiger partial charge is 0.500 e. The monoisotopic (exact) mass is 441 g/mol. The predicted molar refractivity (Wildman–Crippen MR) is 126 cm³/mol. The normalized spacial score (nSPS) is 18.2. The minimum absolute atomic E-state index is 0.360. The van der Waals surface area contributed by atoms with E-state index in [0.717, 1.165) is 16.7 Å². The van der Waals surface area contributed by atoms with Gasteiger partial charge in [0, 0.05) is 17.2 Å². The van der Waals surface area contributed by atoms with Gasteiger partial charge in [0.25, 0.3) is 0 Å². The summed E-state index contributed by atoms with van der Waals surface area (Å²) in [6.45, 7) is 18.8. The molecule has 3 rings (SSSR count). The van der Waals surface area contributed by atoms with Gasteiger partial charge in [0.1, 0.15) is 5.75 Å². The molecule has 1 aliphatic rings. The van der Waals surface area contributed by atoms with Crippen LogP contribution in [-0.2, 0) is 20.5 Å². The molecule has 0 amide bonds. The van der Waals surface area contributed by atoms with E-state index in [9.17, 15) is 10.2 Å². The van der Waals surface area contributed by atoms with Crippen LogP contribution in [0, 0.1) is 13.8 Å². The number of aromatic nitrogens is 1. The fourth-order valence-corrected chi connectivity index (χ4v) is 3.59. The molecule has 1 aromatic carbocycles. The molecule has 1 saturated heterocycles. The lowest BCUT2D eigenvalue weighted by atomic mass is 9.78. The van der Waals surface area contributed by atoms with Crippen molar-refractivity contribution in [1.29, 1.82) is 0 Å². The third kappa shape index (κ3) is 4.71. The fraction of sp³-hybridized carbons (Fsp3) is 0.560. The van der Waals surface area contributed by atoms with Gasteiger partial charge in [0.2, 0.25) is 5.88 Å². The van der Waals surface area contributed by atoms with Gasteiger partial charge in [-0.2, -0.15) is 0 Å². The SMILES string of the molecule is Cc1cc(C(C)(C)O)cc(C)c1Oc1ncc(C(C)(C)O)cc1B1OC(C)(C)C(C)(C)O1. The van der Waals surface area contributed by atoms with Crippen molar-refractivity contribution in [1.82, 2.24) is 4.98 Å². The molecular formula is C25H36BNO5. The number of aryl methyl sites for hydroxylation is 2. The number of benzene rings is 1. The van der Waals surface area contributed by atoms with Crippen LogP contribution in [0.5, 0.6) is 11.6 Å². The second-order valence-electron chi connectivity index (χ2n) is 10.9. The quantitative estimate of drug-likeness (QED) is 0.676. The smallest absolute Gasteiger partial charge is 0.439 e. The van der Waals surface area contributed by atoms with E-state index in [2.05, 4.69) is 4.98 Å². The molecule has 0 spiro atoms. The van der Waals surface area contributed by atoms with Crippen LogP contribution in [0.4, 0.5) is 0 Å². The molecule has 0 atom stereocenters. The molecule has 2 N–H and O–H groups in total. The van der Waals surface area contributed by atoms with Crippen LogP contribution < -0.4 is 10.2 Å². The van der Waals surface area contributed by atoms with Gasteiger partial charge in [0.15, 0.2) is 0 Å². The second-order valence-corrected chi connectivity index (χ2v) is 10.9. The molecule has 0 unspecified atom stereocenters. The fourth-order valence-electron chi connectivity index (χ4n) is 3.59. The Morgan fingerprint density at radius 2 is 1.31 bits per heavy atom. The van der Waals surface area contributed by atoms with Crippen molar-refractivity contribution < 1.29 is 24.3 Å². The van der Waals surface area contributed by atoms with Gasteiger partial charge >= 0.3 is 7.12 Å². The maximum absolute atomic E-state index is 10.6. The molecule has 0 radical (unpaired) electrons. The number of ether oxygens (including phenoxy) is 1. The van der Waals surface area contributed by atoms with Gasteiger partial charge in [-0.15, -0.1) is 0 Å². The van der Waals surface area contributed by atoms with Gasteiger partial charge < -0.3 is 24.3 Å². The van der Waals surface area contributed by atoms with Crippen molar-refractivity contribution >= 4 is 12.6 Å². The third-order valence-electron chi connectivity index (χ3n) is 6.46. The van der Waals surface area contributed by atoms with Crippen LogP contribution in [0.15, 0.2) is 24.4 Å². The first kappa shape index (κ1) is 24.7. The van der Waals surface area contributed by atoms with Gasteiger partial charge in [-0.25, -0.2) is 4.98 Å². The standard InChI is InChI=1S/C25H36BNO5/c1-15-11-17(22(3,4)28)12-16(2)20(15)30-21-19(13-18(14-27-21)23(5,6)29)26-31-24(7,8)25(9,10)32-26/h11-14,28-29H,1-10H3. The molecule has 1 fully saturated rings. The molecule has 6 nitrogen and oxygen atoms in total. The van der Waals surface area contributed by atoms with Gasteiger partial charge in [-0.05, 0) is 104 Å². The molecule has 1 aliphatic heterocycles. The summed E-state index contributed by atoms with van der Waals surface area (Å²) < 4.78 is 18.8. The predicted octanol–water partition coefficient (Wildman–Crippen LogP) is 4.24. The summed E-state index contributed by atoms with van der Waals surface area (Å²) in [6.07, 6.45) is 1.61. The van der Waals surface area contributed by atoms with E-state index in [1.54, 1.807) is 33.9 Å². The Morgan fingerprint density at radius 3 is 1.75 bits per heavy atom. The number of rotatable bonds is 5. The Labute approximate surface area is 192 Å². The molecule has 1 aromatic heterocycles. The first-order valence-corrected chi connectivity index (χ1v) is 11.0. The average molecular weight is 441 g/mol. The third-order valence-corrected chi connectivity index (χ3v) is 6.46. The zero-order chi connectivity index (χ0) is 24.3. The molecule has 2 heterocycles. The first-order valence-electron chi connectivity index (χ1n) is 11.0. The molecular weight excluding hydrogens is 405 g/mol. The van der Waals surface area contributed by atoms with Gasteiger partial charge in [-0.1, -0.05) is 0 Å². The van der Waals surface area contributed by atoms with Crippen molar-refractivity contribution in [3.05, 3.63) is 46.6 Å². The Kier molecular flexibility index (Phi) is 6.05. The summed E-state index contributed by atoms with van der Waals surface area (Å²) in [6, 6.07) is 5.67. The molecule has 0 bridgehead atoms. The van der Waals surface area contributed by atoms with Crippen LogP contribution >= 0.6 is 0 Å². The summed E-state index contributed by atoms with van der Waals surface area (Å²) in [7, 11) is -0.693. The van der Waals surface area contributed by atoms with Crippen LogP contribution in [-0.4, -0.2) is 33.5 Å². The first-order chi connectivity index (χ1) is 14.4. The lowest BCUT2D eigenvalue weighted by molar-refractivity contribution is 0.00578. The second kappa shape index (κ2) is 7.84. The van der Waals surface area contributed by atoms with Crippen molar-refractivity contribution in [2.45, 2.75) is 91.6 Å². The molecule has 0 saturated carbocycles. The molecule has 32 heavy (non-hydrogen) atoms. The maximum atomic E-state index is 10.6. The highest BCUT2D eigenvalue weighted by Gasteiger charge is 2.53. The van der Waals surface area contributed by atoms with E-state index in [1.807, 2.05) is 59.7 Å². The van der Waals surface area contributed by atoms with Gasteiger partial charge in [-0.3, -0.25) is 0 Å². The number of aliphatic hydroxyl groups is 2. The Hall–Kier alpha value is -1.93. The number of pyridine rings is 1. The van der Waals surface area contributed by atoms with Crippen molar-refractivity contribution in [3.8, 4) is 11.6 Å². The Morgan fingerprint density at radius 1 is 0.844 bits per heavy atom. The average Bonchev–Trinajstić information content (AvgIpc) is 2.83. The molecule has 174 valence electrons. The number of hydrogen-bond acceptors (Lipinski definition) is 6. The zero-order valence-corrected chi connectivity index (χ0v) is 21.0. The van der Waals surface area contributed by atoms with E-state index in [1.165, 1.54) is 0 Å². The van der Waals surface area contributed by atoms with Crippen molar-refractivity contribution in [2.75, 3.05) is 0 Å². The van der Waals surface area contributed by atoms with E-state index in [4.69, 9.17) is 14.0 Å². The highest BCUT2D eigenvalue weighted by molar-refractivity contribution is 6.63. The van der Waals surface area contributed by atoms with E-state index < -0.39 is 29.5 Å². The lowest BCUT2D eigenvalue weighted by Crippen LogP contribution is -2.41. The lowest BCUT2D eigenvalue weighted by Gasteiger charge is -2.32. The minimum Gasteiger partial charge on any atom is -0.439 e. The number of hydrogen-bond donors (Lipinski definition) is 2. The van der Waals surface area contributed by atoms with Crippen LogP contribution in [0.1, 0.15) is 77.6 Å². The summed E-state index contributed by atoms with van der Waals surface area (Å²) in [5.74, 6) is 1.03. The Bertz CT molecular complexity index is 979. The van der Waals surface area contributed by atoms with E-state index in [0.29, 0.717) is 22.7 Å². The summed E-state index contributed by atoms with van der Waals surface area (Å²) in [5.41, 5.74) is 0.759. The highest BCUT2D eigenvalue weighted by Crippen LogP contribution is 2.38. The number of nitrogens with zero attached hydrogens (tertiary/aromatic N) is 1. The molecule has 0 aliphatic carbocycles. The van der Waals surface area contributed by atoms with Crippen molar-refractivity contribution in [2.24, 2.45) is 0 Å². The summed E-state index contributed by atoms with van der Waals surface area (Å²) >= 11 is 0. The zero-order valence-electron chi connectivity index (χ0n) is 21.0. The van der Waals surface area contributed by atoms with E-state index >= 15 is 0 Å². The Balaban J connectivity index is 2.08. The molecule has 2 aromatic rings. The van der Waals surface area contributed by atoms with Crippen LogP contribution in [0.2, 0.25) is 0 Å². The minimum atomic E-state index is -1.08. The van der Waals surface area contributed by atoms with Crippen LogP contribution in [0.25, 0.3) is 0 Å².